The van der Waals surface area contributed by atoms with E-state index in [2.05, 4.69) is 66.7 Å². The van der Waals surface area contributed by atoms with Crippen molar-refractivity contribution in [1.29, 1.82) is 0 Å². The van der Waals surface area contributed by atoms with E-state index in [1.54, 1.807) is 0 Å². The Morgan fingerprint density at radius 1 is 0.857 bits per heavy atom. The highest BCUT2D eigenvalue weighted by molar-refractivity contribution is 7.80. The Bertz CT molecular complexity index is 1180. The normalized spacial score (nSPS) is 16.5. The van der Waals surface area contributed by atoms with Crippen LogP contribution in [0.15, 0.2) is 90.0 Å². The molecule has 3 nitrogen and oxygen atoms in total. The van der Waals surface area contributed by atoms with Gasteiger partial charge in [-0.05, 0) is 51.0 Å². The molecule has 1 heterocycles. The third-order valence-electron chi connectivity index (χ3n) is 5.39. The molecule has 0 bridgehead atoms. The molecule has 1 atom stereocenters. The molecular weight excluding hydrogens is 362 g/mol. The SMILES string of the molecule is NC(=S)N1N=C(c2ccccc2)CC1c1c2ccccc2cc2ccccc12. The maximum absolute atomic E-state index is 6.10. The fraction of sp³-hybridized carbons (Fsp3) is 0.0833. The first-order valence-corrected chi connectivity index (χ1v) is 9.75. The molecule has 0 fully saturated rings. The summed E-state index contributed by atoms with van der Waals surface area (Å²) >= 11 is 5.38. The second-order valence-electron chi connectivity index (χ2n) is 7.05. The number of thiocarbonyl (C=S) groups is 1. The number of nitrogens with zero attached hydrogens (tertiary/aromatic N) is 2. The van der Waals surface area contributed by atoms with Crippen LogP contribution in [0.1, 0.15) is 23.6 Å². The van der Waals surface area contributed by atoms with Crippen molar-refractivity contribution in [2.24, 2.45) is 10.8 Å². The van der Waals surface area contributed by atoms with Crippen LogP contribution in [0.3, 0.4) is 0 Å². The average molecular weight is 382 g/mol. The molecule has 0 saturated heterocycles. The van der Waals surface area contributed by atoms with E-state index in [-0.39, 0.29) is 6.04 Å². The van der Waals surface area contributed by atoms with Crippen LogP contribution in [0, 0.1) is 0 Å². The average Bonchev–Trinajstić information content (AvgIpc) is 3.18. The molecule has 0 aliphatic carbocycles. The van der Waals surface area contributed by atoms with Crippen molar-refractivity contribution < 1.29 is 0 Å². The maximum Gasteiger partial charge on any atom is 0.187 e. The molecular formula is C24H19N3S. The third kappa shape index (κ3) is 2.74. The summed E-state index contributed by atoms with van der Waals surface area (Å²) in [4.78, 5) is 0. The van der Waals surface area contributed by atoms with Crippen LogP contribution in [0.2, 0.25) is 0 Å². The molecule has 0 spiro atoms. The summed E-state index contributed by atoms with van der Waals surface area (Å²) in [7, 11) is 0. The lowest BCUT2D eigenvalue weighted by Crippen LogP contribution is -2.31. The van der Waals surface area contributed by atoms with E-state index in [9.17, 15) is 0 Å². The lowest BCUT2D eigenvalue weighted by atomic mass is 9.89. The first-order chi connectivity index (χ1) is 13.7. The number of hydrogen-bond donors (Lipinski definition) is 1. The fourth-order valence-corrected chi connectivity index (χ4v) is 4.32. The molecule has 4 aromatic carbocycles. The van der Waals surface area contributed by atoms with E-state index >= 15 is 0 Å². The van der Waals surface area contributed by atoms with E-state index in [0.717, 1.165) is 17.7 Å². The monoisotopic (exact) mass is 381 g/mol. The maximum atomic E-state index is 6.10. The minimum Gasteiger partial charge on any atom is -0.375 e. The standard InChI is InChI=1S/C24H19N3S/c25-24(28)27-22(15-21(26-27)16-8-2-1-3-9-16)23-19-12-6-4-10-17(19)14-18-11-5-7-13-20(18)23/h1-14,22H,15H2,(H2,25,28). The van der Waals surface area contributed by atoms with E-state index in [1.165, 1.54) is 27.1 Å². The van der Waals surface area contributed by atoms with Crippen LogP contribution in [0.4, 0.5) is 0 Å². The Morgan fingerprint density at radius 3 is 2.04 bits per heavy atom. The largest absolute Gasteiger partial charge is 0.375 e. The molecule has 1 aliphatic heterocycles. The molecule has 2 N–H and O–H groups in total. The molecule has 1 unspecified atom stereocenters. The van der Waals surface area contributed by atoms with Crippen LogP contribution in [0.25, 0.3) is 21.5 Å². The molecule has 1 aliphatic rings. The van der Waals surface area contributed by atoms with Crippen molar-refractivity contribution in [3.63, 3.8) is 0 Å². The van der Waals surface area contributed by atoms with Gasteiger partial charge in [0.2, 0.25) is 0 Å². The summed E-state index contributed by atoms with van der Waals surface area (Å²) in [5.74, 6) is 0. The summed E-state index contributed by atoms with van der Waals surface area (Å²) in [6.45, 7) is 0. The van der Waals surface area contributed by atoms with E-state index in [4.69, 9.17) is 23.1 Å². The van der Waals surface area contributed by atoms with Gasteiger partial charge in [0.05, 0.1) is 11.8 Å². The topological polar surface area (TPSA) is 41.6 Å². The Hall–Kier alpha value is -3.24. The van der Waals surface area contributed by atoms with Gasteiger partial charge in [-0.25, -0.2) is 5.01 Å². The van der Waals surface area contributed by atoms with E-state index in [0.29, 0.717) is 5.11 Å². The van der Waals surface area contributed by atoms with Gasteiger partial charge in [-0.15, -0.1) is 0 Å². The number of nitrogens with two attached hydrogens (primary N) is 1. The van der Waals surface area contributed by atoms with Gasteiger partial charge in [-0.1, -0.05) is 78.9 Å². The van der Waals surface area contributed by atoms with Gasteiger partial charge >= 0.3 is 0 Å². The van der Waals surface area contributed by atoms with Crippen LogP contribution in [-0.2, 0) is 0 Å². The molecule has 0 aromatic heterocycles. The minimum absolute atomic E-state index is 0.0243. The second kappa shape index (κ2) is 6.73. The Labute approximate surface area is 169 Å². The molecule has 0 amide bonds. The van der Waals surface area contributed by atoms with Gasteiger partial charge in [0, 0.05) is 6.42 Å². The van der Waals surface area contributed by atoms with Crippen LogP contribution < -0.4 is 5.73 Å². The molecule has 0 saturated carbocycles. The zero-order valence-corrected chi connectivity index (χ0v) is 16.1. The van der Waals surface area contributed by atoms with Gasteiger partial charge in [-0.2, -0.15) is 5.10 Å². The van der Waals surface area contributed by atoms with Gasteiger partial charge in [0.15, 0.2) is 5.11 Å². The van der Waals surface area contributed by atoms with Gasteiger partial charge in [0.25, 0.3) is 0 Å². The van der Waals surface area contributed by atoms with Gasteiger partial charge < -0.3 is 5.73 Å². The lowest BCUT2D eigenvalue weighted by molar-refractivity contribution is 0.377. The smallest absolute Gasteiger partial charge is 0.187 e. The van der Waals surface area contributed by atoms with Crippen molar-refractivity contribution >= 4 is 44.6 Å². The Morgan fingerprint density at radius 2 is 1.43 bits per heavy atom. The quantitative estimate of drug-likeness (QED) is 0.374. The van der Waals surface area contributed by atoms with E-state index in [1.807, 2.05) is 23.2 Å². The lowest BCUT2D eigenvalue weighted by Gasteiger charge is -2.25. The van der Waals surface area contributed by atoms with Crippen LogP contribution in [0.5, 0.6) is 0 Å². The molecule has 136 valence electrons. The predicted octanol–water partition coefficient (Wildman–Crippen LogP) is 5.39. The highest BCUT2D eigenvalue weighted by Gasteiger charge is 2.32. The Balaban J connectivity index is 1.73. The summed E-state index contributed by atoms with van der Waals surface area (Å²) < 4.78 is 0. The van der Waals surface area contributed by atoms with Gasteiger partial charge in [0.1, 0.15) is 0 Å². The zero-order chi connectivity index (χ0) is 19.1. The highest BCUT2D eigenvalue weighted by atomic mass is 32.1. The minimum atomic E-state index is -0.0243. The number of benzene rings is 4. The van der Waals surface area contributed by atoms with Crippen molar-refractivity contribution in [3.05, 3.63) is 96.1 Å². The summed E-state index contributed by atoms with van der Waals surface area (Å²) in [6.07, 6.45) is 0.763. The number of hydrazone groups is 1. The van der Waals surface area contributed by atoms with Crippen molar-refractivity contribution in [2.45, 2.75) is 12.5 Å². The first kappa shape index (κ1) is 16.9. The van der Waals surface area contributed by atoms with E-state index < -0.39 is 0 Å². The highest BCUT2D eigenvalue weighted by Crippen LogP contribution is 2.40. The first-order valence-electron chi connectivity index (χ1n) is 9.34. The molecule has 0 radical (unpaired) electrons. The molecule has 4 heteroatoms. The van der Waals surface area contributed by atoms with Gasteiger partial charge in [-0.3, -0.25) is 0 Å². The number of hydrogen-bond acceptors (Lipinski definition) is 2. The second-order valence-corrected chi connectivity index (χ2v) is 7.47. The Kier molecular flexibility index (Phi) is 4.06. The van der Waals surface area contributed by atoms with Crippen molar-refractivity contribution in [3.8, 4) is 0 Å². The predicted molar refractivity (Wildman–Crippen MR) is 120 cm³/mol. The summed E-state index contributed by atoms with van der Waals surface area (Å²) in [6, 6.07) is 29.4. The number of rotatable bonds is 2. The molecule has 5 rings (SSSR count). The fourth-order valence-electron chi connectivity index (χ4n) is 4.15. The van der Waals surface area contributed by atoms with Crippen molar-refractivity contribution in [2.75, 3.05) is 0 Å². The number of fused-ring (bicyclic) bond motifs is 2. The molecule has 28 heavy (non-hydrogen) atoms. The zero-order valence-electron chi connectivity index (χ0n) is 15.2. The van der Waals surface area contributed by atoms with Crippen molar-refractivity contribution in [1.82, 2.24) is 5.01 Å². The molecule has 4 aromatic rings. The summed E-state index contributed by atoms with van der Waals surface area (Å²) in [5, 5.41) is 11.8. The third-order valence-corrected chi connectivity index (χ3v) is 5.58. The van der Waals surface area contributed by atoms with Crippen LogP contribution >= 0.6 is 12.2 Å². The van der Waals surface area contributed by atoms with Crippen LogP contribution in [-0.4, -0.2) is 15.8 Å². The summed E-state index contributed by atoms with van der Waals surface area (Å²) in [5.41, 5.74) is 9.45.